The first kappa shape index (κ1) is 19.7. The van der Waals surface area contributed by atoms with Gasteiger partial charge >= 0.3 is 11.9 Å². The van der Waals surface area contributed by atoms with Crippen LogP contribution >= 0.6 is 0 Å². The van der Waals surface area contributed by atoms with E-state index >= 15 is 0 Å². The topological polar surface area (TPSA) is 72.8 Å². The third kappa shape index (κ3) is 5.43. The molecule has 2 aromatic rings. The van der Waals surface area contributed by atoms with E-state index in [1.807, 2.05) is 36.4 Å². The maximum atomic E-state index is 12.5. The molecule has 5 heteroatoms. The van der Waals surface area contributed by atoms with Crippen LogP contribution in [-0.4, -0.2) is 22.6 Å². The summed E-state index contributed by atoms with van der Waals surface area (Å²) >= 11 is 0. The van der Waals surface area contributed by atoms with Gasteiger partial charge in [0.25, 0.3) is 5.60 Å². The van der Waals surface area contributed by atoms with Gasteiger partial charge in [-0.3, -0.25) is 0 Å². The fourth-order valence-electron chi connectivity index (χ4n) is 2.53. The zero-order valence-corrected chi connectivity index (χ0v) is 15.1. The predicted octanol–water partition coefficient (Wildman–Crippen LogP) is 3.25. The summed E-state index contributed by atoms with van der Waals surface area (Å²) in [5.41, 5.74) is -0.784. The Kier molecular flexibility index (Phi) is 6.92. The molecule has 0 aliphatic rings. The summed E-state index contributed by atoms with van der Waals surface area (Å²) in [7, 11) is 0. The summed E-state index contributed by atoms with van der Waals surface area (Å²) in [6.45, 7) is 3.57. The molecule has 5 nitrogen and oxygen atoms in total. The van der Waals surface area contributed by atoms with Gasteiger partial charge in [-0.15, -0.1) is 0 Å². The monoisotopic (exact) mass is 356 g/mol. The number of ether oxygens (including phenoxy) is 2. The molecule has 0 amide bonds. The number of carbonyl (C=O) groups excluding carboxylic acids is 2. The smallest absolute Gasteiger partial charge is 0.350 e. The SMILES string of the molecule is CC(C)CC(O)(C(=O)OCc1ccccc1)C(=O)OCc1ccccc1. The molecule has 0 bridgehead atoms. The fourth-order valence-corrected chi connectivity index (χ4v) is 2.53. The lowest BCUT2D eigenvalue weighted by Crippen LogP contribution is -2.49. The Labute approximate surface area is 153 Å². The Balaban J connectivity index is 2.04. The molecule has 0 heterocycles. The number of esters is 2. The number of benzene rings is 2. The molecule has 0 saturated heterocycles. The number of hydrogen-bond donors (Lipinski definition) is 1. The van der Waals surface area contributed by atoms with Gasteiger partial charge in [0.05, 0.1) is 0 Å². The molecule has 0 spiro atoms. The van der Waals surface area contributed by atoms with Crippen molar-refractivity contribution in [2.45, 2.75) is 39.1 Å². The Morgan fingerprint density at radius 1 is 0.846 bits per heavy atom. The zero-order valence-electron chi connectivity index (χ0n) is 15.1. The molecule has 2 aromatic carbocycles. The number of carbonyl (C=O) groups is 2. The standard InChI is InChI=1S/C21H24O5/c1-16(2)13-21(24,19(22)25-14-17-9-5-3-6-10-17)20(23)26-15-18-11-7-4-8-12-18/h3-12,16,24H,13-15H2,1-2H3. The fraction of sp³-hybridized carbons (Fsp3) is 0.333. The molecule has 26 heavy (non-hydrogen) atoms. The largest absolute Gasteiger partial charge is 0.458 e. The molecule has 0 aliphatic carbocycles. The average Bonchev–Trinajstić information content (AvgIpc) is 2.65. The molecule has 0 fully saturated rings. The van der Waals surface area contributed by atoms with Gasteiger partial charge in [0, 0.05) is 6.42 Å². The van der Waals surface area contributed by atoms with Crippen molar-refractivity contribution in [2.24, 2.45) is 5.92 Å². The number of hydrogen-bond acceptors (Lipinski definition) is 5. The first-order valence-corrected chi connectivity index (χ1v) is 8.56. The first-order valence-electron chi connectivity index (χ1n) is 8.56. The second-order valence-corrected chi connectivity index (χ2v) is 6.58. The molecule has 138 valence electrons. The summed E-state index contributed by atoms with van der Waals surface area (Å²) in [6, 6.07) is 18.1. The quantitative estimate of drug-likeness (QED) is 0.581. The maximum Gasteiger partial charge on any atom is 0.350 e. The van der Waals surface area contributed by atoms with E-state index in [4.69, 9.17) is 9.47 Å². The highest BCUT2D eigenvalue weighted by molar-refractivity contribution is 6.03. The summed E-state index contributed by atoms with van der Waals surface area (Å²) in [5.74, 6) is -2.09. The van der Waals surface area contributed by atoms with Crippen LogP contribution in [-0.2, 0) is 32.3 Å². The van der Waals surface area contributed by atoms with E-state index in [0.717, 1.165) is 11.1 Å². The highest BCUT2D eigenvalue weighted by Crippen LogP contribution is 2.22. The van der Waals surface area contributed by atoms with Gasteiger partial charge in [0.2, 0.25) is 0 Å². The van der Waals surface area contributed by atoms with Gasteiger partial charge in [0.1, 0.15) is 13.2 Å². The molecule has 0 radical (unpaired) electrons. The number of rotatable bonds is 8. The molecule has 0 atom stereocenters. The van der Waals surface area contributed by atoms with Crippen LogP contribution in [0, 0.1) is 5.92 Å². The van der Waals surface area contributed by atoms with Crippen LogP contribution in [0.25, 0.3) is 0 Å². The molecule has 0 aliphatic heterocycles. The molecule has 2 rings (SSSR count). The Hall–Kier alpha value is -2.66. The summed E-state index contributed by atoms with van der Waals surface area (Å²) in [6.07, 6.45) is -0.0752. The maximum absolute atomic E-state index is 12.5. The molecular weight excluding hydrogens is 332 g/mol. The Bertz CT molecular complexity index is 654. The lowest BCUT2D eigenvalue weighted by atomic mass is 9.92. The van der Waals surface area contributed by atoms with Crippen LogP contribution in [0.2, 0.25) is 0 Å². The second-order valence-electron chi connectivity index (χ2n) is 6.58. The minimum absolute atomic E-state index is 0.0218. The van der Waals surface area contributed by atoms with E-state index in [1.54, 1.807) is 38.1 Å². The van der Waals surface area contributed by atoms with E-state index < -0.39 is 17.5 Å². The van der Waals surface area contributed by atoms with Gasteiger partial charge in [0.15, 0.2) is 0 Å². The van der Waals surface area contributed by atoms with Crippen LogP contribution in [0.1, 0.15) is 31.4 Å². The predicted molar refractivity (Wildman–Crippen MR) is 96.9 cm³/mol. The second kappa shape index (κ2) is 9.15. The third-order valence-electron chi connectivity index (χ3n) is 3.80. The van der Waals surface area contributed by atoms with Crippen LogP contribution in [0.5, 0.6) is 0 Å². The number of aliphatic hydroxyl groups is 1. The van der Waals surface area contributed by atoms with E-state index in [0.29, 0.717) is 0 Å². The lowest BCUT2D eigenvalue weighted by Gasteiger charge is -2.25. The van der Waals surface area contributed by atoms with Crippen LogP contribution in [0.3, 0.4) is 0 Å². The minimum atomic E-state index is -2.32. The van der Waals surface area contributed by atoms with Crippen molar-refractivity contribution in [3.63, 3.8) is 0 Å². The lowest BCUT2D eigenvalue weighted by molar-refractivity contribution is -0.187. The molecule has 1 N–H and O–H groups in total. The van der Waals surface area contributed by atoms with Gasteiger partial charge in [-0.25, -0.2) is 9.59 Å². The van der Waals surface area contributed by atoms with Gasteiger partial charge in [-0.2, -0.15) is 0 Å². The van der Waals surface area contributed by atoms with Gasteiger partial charge in [-0.1, -0.05) is 74.5 Å². The average molecular weight is 356 g/mol. The van der Waals surface area contributed by atoms with Gasteiger partial charge in [-0.05, 0) is 17.0 Å². The van der Waals surface area contributed by atoms with Gasteiger partial charge < -0.3 is 14.6 Å². The minimum Gasteiger partial charge on any atom is -0.458 e. The summed E-state index contributed by atoms with van der Waals surface area (Å²) in [5, 5.41) is 10.7. The zero-order chi connectivity index (χ0) is 19.0. The van der Waals surface area contributed by atoms with E-state index in [-0.39, 0.29) is 25.6 Å². The molecule has 0 unspecified atom stereocenters. The van der Waals surface area contributed by atoms with Crippen molar-refractivity contribution in [3.05, 3.63) is 71.8 Å². The van der Waals surface area contributed by atoms with E-state index in [1.165, 1.54) is 0 Å². The summed E-state index contributed by atoms with van der Waals surface area (Å²) < 4.78 is 10.4. The van der Waals surface area contributed by atoms with Crippen LogP contribution < -0.4 is 0 Å². The van der Waals surface area contributed by atoms with Crippen molar-refractivity contribution in [1.29, 1.82) is 0 Å². The van der Waals surface area contributed by atoms with Crippen molar-refractivity contribution in [1.82, 2.24) is 0 Å². The Morgan fingerprint density at radius 3 is 1.58 bits per heavy atom. The normalized spacial score (nSPS) is 11.2. The van der Waals surface area contributed by atoms with E-state index in [9.17, 15) is 14.7 Å². The van der Waals surface area contributed by atoms with Crippen molar-refractivity contribution in [2.75, 3.05) is 0 Å². The molecule has 0 aromatic heterocycles. The van der Waals surface area contributed by atoms with Crippen LogP contribution in [0.4, 0.5) is 0 Å². The van der Waals surface area contributed by atoms with Crippen LogP contribution in [0.15, 0.2) is 60.7 Å². The molecule has 0 saturated carbocycles. The third-order valence-corrected chi connectivity index (χ3v) is 3.80. The summed E-state index contributed by atoms with van der Waals surface area (Å²) in [4.78, 5) is 24.9. The highest BCUT2D eigenvalue weighted by atomic mass is 16.6. The first-order chi connectivity index (χ1) is 12.4. The van der Waals surface area contributed by atoms with E-state index in [2.05, 4.69) is 0 Å². The Morgan fingerprint density at radius 2 is 1.23 bits per heavy atom. The van der Waals surface area contributed by atoms with Crippen molar-refractivity contribution >= 4 is 11.9 Å². The molecular formula is C21H24O5. The van der Waals surface area contributed by atoms with Crippen molar-refractivity contribution < 1.29 is 24.2 Å². The highest BCUT2D eigenvalue weighted by Gasteiger charge is 2.47. The van der Waals surface area contributed by atoms with Crippen molar-refractivity contribution in [3.8, 4) is 0 Å².